The normalized spacial score (nSPS) is 24.6. The Hall–Kier alpha value is -2.73. The number of hydrogen-bond donors (Lipinski definition) is 3. The molecule has 2 atom stereocenters. The number of aliphatic hydroxyl groups is 1. The number of carbonyl (C=O) groups excluding carboxylic acids is 1. The number of primary amides is 1. The van der Waals surface area contributed by atoms with Crippen LogP contribution >= 0.6 is 0 Å². The second kappa shape index (κ2) is 7.75. The smallest absolute Gasteiger partial charge is 0.405 e. The first-order chi connectivity index (χ1) is 14.4. The molecule has 0 radical (unpaired) electrons. The molecule has 0 bridgehead atoms. The van der Waals surface area contributed by atoms with Crippen LogP contribution in [0.15, 0.2) is 48.5 Å². The van der Waals surface area contributed by atoms with E-state index in [1.807, 2.05) is 90.2 Å². The molecule has 0 saturated carbocycles. The highest BCUT2D eigenvalue weighted by Crippen LogP contribution is 2.61. The van der Waals surface area contributed by atoms with Gasteiger partial charge in [-0.3, -0.25) is 0 Å². The first-order valence-corrected chi connectivity index (χ1v) is 10.6. The summed E-state index contributed by atoms with van der Waals surface area (Å²) < 4.78 is 12.3. The number of amides is 1. The summed E-state index contributed by atoms with van der Waals surface area (Å²) in [6.07, 6.45) is -0.0510. The van der Waals surface area contributed by atoms with E-state index in [9.17, 15) is 9.90 Å². The molecular formula is C25H34N2O4. The number of carbonyl (C=O) groups is 1. The van der Waals surface area contributed by atoms with Gasteiger partial charge in [0.05, 0.1) is 0 Å². The van der Waals surface area contributed by atoms with Gasteiger partial charge in [0.1, 0.15) is 17.0 Å². The zero-order valence-corrected chi connectivity index (χ0v) is 19.3. The Kier molecular flexibility index (Phi) is 5.74. The summed E-state index contributed by atoms with van der Waals surface area (Å²) in [7, 11) is 1.82. The fourth-order valence-corrected chi connectivity index (χ4v) is 4.97. The molecule has 168 valence electrons. The summed E-state index contributed by atoms with van der Waals surface area (Å²) in [5.41, 5.74) is 3.35. The number of ether oxygens (including phenoxy) is 2. The van der Waals surface area contributed by atoms with Crippen molar-refractivity contribution in [3.63, 3.8) is 0 Å². The van der Waals surface area contributed by atoms with E-state index < -0.39 is 28.3 Å². The minimum absolute atomic E-state index is 0.307. The summed E-state index contributed by atoms with van der Waals surface area (Å²) in [5, 5.41) is 15.6. The number of nitrogens with one attached hydrogen (secondary N) is 1. The Morgan fingerprint density at radius 2 is 1.81 bits per heavy atom. The van der Waals surface area contributed by atoms with Gasteiger partial charge in [-0.2, -0.15) is 0 Å². The molecule has 6 nitrogen and oxygen atoms in total. The average molecular weight is 427 g/mol. The van der Waals surface area contributed by atoms with Gasteiger partial charge in [0.25, 0.3) is 0 Å². The lowest BCUT2D eigenvalue weighted by Crippen LogP contribution is -2.73. The van der Waals surface area contributed by atoms with E-state index in [0.29, 0.717) is 24.2 Å². The predicted octanol–water partition coefficient (Wildman–Crippen LogP) is 4.60. The summed E-state index contributed by atoms with van der Waals surface area (Å²) in [6.45, 7) is 9.50. The molecule has 0 aliphatic carbocycles. The summed E-state index contributed by atoms with van der Waals surface area (Å²) >= 11 is 0. The lowest BCUT2D eigenvalue weighted by molar-refractivity contribution is -0.281. The van der Waals surface area contributed by atoms with E-state index in [4.69, 9.17) is 15.2 Å². The molecule has 1 aliphatic rings. The molecule has 2 aromatic carbocycles. The van der Waals surface area contributed by atoms with Crippen molar-refractivity contribution < 1.29 is 19.4 Å². The molecule has 6 heteroatoms. The van der Waals surface area contributed by atoms with Crippen molar-refractivity contribution >= 4 is 11.8 Å². The standard InChI is InChI=1S/C25H34N2O4/c1-22(2,3)25(31-21(26)28)19-13-12-18(27-6)16-20(19)30-23(4,5)24(25,29)15-14-17-10-8-7-9-11-17/h7-13,16,27,29H,14-15H2,1-6H3,(H2,26,28)/t24-,25-/m1/s1. The minimum atomic E-state index is -1.57. The molecule has 0 spiro atoms. The topological polar surface area (TPSA) is 93.8 Å². The van der Waals surface area contributed by atoms with E-state index in [1.165, 1.54) is 0 Å². The average Bonchev–Trinajstić information content (AvgIpc) is 2.69. The second-order valence-electron chi connectivity index (χ2n) is 9.77. The van der Waals surface area contributed by atoms with Crippen LogP contribution in [0.4, 0.5) is 10.5 Å². The maximum Gasteiger partial charge on any atom is 0.405 e. The Morgan fingerprint density at radius 3 is 2.35 bits per heavy atom. The molecule has 1 amide bonds. The number of aryl methyl sites for hydroxylation is 1. The van der Waals surface area contributed by atoms with E-state index in [1.54, 1.807) is 0 Å². The van der Waals surface area contributed by atoms with Gasteiger partial charge in [0.2, 0.25) is 0 Å². The maximum absolute atomic E-state index is 12.5. The molecule has 0 saturated heterocycles. The minimum Gasteiger partial charge on any atom is -0.484 e. The van der Waals surface area contributed by atoms with Crippen LogP contribution in [0.2, 0.25) is 0 Å². The quantitative estimate of drug-likeness (QED) is 0.650. The van der Waals surface area contributed by atoms with E-state index >= 15 is 0 Å². The van der Waals surface area contributed by atoms with Crippen molar-refractivity contribution in [2.24, 2.45) is 11.1 Å². The molecular weight excluding hydrogens is 392 g/mol. The summed E-state index contributed by atoms with van der Waals surface area (Å²) in [4.78, 5) is 12.3. The Labute approximate surface area is 184 Å². The van der Waals surface area contributed by atoms with Crippen molar-refractivity contribution in [3.8, 4) is 5.75 Å². The summed E-state index contributed by atoms with van der Waals surface area (Å²) in [6, 6.07) is 15.5. The fraction of sp³-hybridized carbons (Fsp3) is 0.480. The summed E-state index contributed by atoms with van der Waals surface area (Å²) in [5.74, 6) is 0.553. The zero-order valence-electron chi connectivity index (χ0n) is 19.3. The number of anilines is 1. The zero-order chi connectivity index (χ0) is 23.1. The first kappa shape index (κ1) is 22.9. The fourth-order valence-electron chi connectivity index (χ4n) is 4.97. The molecule has 1 aliphatic heterocycles. The SMILES string of the molecule is CNc1ccc2c(c1)OC(C)(C)[C@](O)(CCc1ccccc1)[C@]2(OC(N)=O)C(C)(C)C. The van der Waals surface area contributed by atoms with E-state index in [0.717, 1.165) is 11.3 Å². The first-order valence-electron chi connectivity index (χ1n) is 10.6. The van der Waals surface area contributed by atoms with Crippen LogP contribution in [0, 0.1) is 5.41 Å². The molecule has 31 heavy (non-hydrogen) atoms. The number of rotatable bonds is 5. The van der Waals surface area contributed by atoms with Crippen LogP contribution in [-0.4, -0.2) is 29.4 Å². The van der Waals surface area contributed by atoms with Crippen molar-refractivity contribution in [1.29, 1.82) is 0 Å². The van der Waals surface area contributed by atoms with Gasteiger partial charge in [-0.05, 0) is 44.4 Å². The number of nitrogens with two attached hydrogens (primary N) is 1. The van der Waals surface area contributed by atoms with E-state index in [-0.39, 0.29) is 0 Å². The monoisotopic (exact) mass is 426 g/mol. The third kappa shape index (κ3) is 3.63. The molecule has 4 N–H and O–H groups in total. The van der Waals surface area contributed by atoms with Gasteiger partial charge >= 0.3 is 6.09 Å². The van der Waals surface area contributed by atoms with Crippen LogP contribution in [-0.2, 0) is 16.8 Å². The Morgan fingerprint density at radius 1 is 1.16 bits per heavy atom. The van der Waals surface area contributed by atoms with Gasteiger partial charge in [-0.25, -0.2) is 4.79 Å². The molecule has 0 aromatic heterocycles. The van der Waals surface area contributed by atoms with Crippen molar-refractivity contribution in [2.75, 3.05) is 12.4 Å². The highest BCUT2D eigenvalue weighted by molar-refractivity contribution is 5.67. The molecule has 0 fully saturated rings. The lowest BCUT2D eigenvalue weighted by Gasteiger charge is -2.61. The molecule has 1 heterocycles. The second-order valence-corrected chi connectivity index (χ2v) is 9.77. The van der Waals surface area contributed by atoms with Crippen LogP contribution in [0.3, 0.4) is 0 Å². The third-order valence-electron chi connectivity index (χ3n) is 6.52. The van der Waals surface area contributed by atoms with Gasteiger partial charge in [-0.15, -0.1) is 0 Å². The van der Waals surface area contributed by atoms with Gasteiger partial charge in [0, 0.05) is 29.8 Å². The van der Waals surface area contributed by atoms with Crippen molar-refractivity contribution in [3.05, 3.63) is 59.7 Å². The van der Waals surface area contributed by atoms with Gasteiger partial charge in [0.15, 0.2) is 5.60 Å². The predicted molar refractivity (Wildman–Crippen MR) is 122 cm³/mol. The lowest BCUT2D eigenvalue weighted by atomic mass is 9.55. The van der Waals surface area contributed by atoms with Gasteiger partial charge < -0.3 is 25.6 Å². The molecule has 3 rings (SSSR count). The number of fused-ring (bicyclic) bond motifs is 1. The van der Waals surface area contributed by atoms with Crippen molar-refractivity contribution in [1.82, 2.24) is 0 Å². The maximum atomic E-state index is 12.5. The van der Waals surface area contributed by atoms with Crippen LogP contribution in [0.25, 0.3) is 0 Å². The highest BCUT2D eigenvalue weighted by atomic mass is 16.6. The Balaban J connectivity index is 2.27. The largest absolute Gasteiger partial charge is 0.484 e. The van der Waals surface area contributed by atoms with Crippen LogP contribution < -0.4 is 15.8 Å². The highest BCUT2D eigenvalue weighted by Gasteiger charge is 2.71. The van der Waals surface area contributed by atoms with Crippen molar-refractivity contribution in [2.45, 2.75) is 64.3 Å². The van der Waals surface area contributed by atoms with Crippen LogP contribution in [0.1, 0.15) is 52.2 Å². The number of benzene rings is 2. The van der Waals surface area contributed by atoms with Gasteiger partial charge in [-0.1, -0.05) is 51.1 Å². The molecule has 2 aromatic rings. The number of hydrogen-bond acceptors (Lipinski definition) is 5. The van der Waals surface area contributed by atoms with Crippen LogP contribution in [0.5, 0.6) is 5.75 Å². The molecule has 0 unspecified atom stereocenters. The third-order valence-corrected chi connectivity index (χ3v) is 6.52. The Bertz CT molecular complexity index is 952. The van der Waals surface area contributed by atoms with E-state index in [2.05, 4.69) is 5.32 Å².